The Kier molecular flexibility index (Phi) is 3.82. The number of methoxy groups -OCH3 is 1. The van der Waals surface area contributed by atoms with Crippen LogP contribution in [-0.2, 0) is 0 Å². The van der Waals surface area contributed by atoms with Crippen LogP contribution in [0.4, 0.5) is 0 Å². The number of pyridine rings is 1. The van der Waals surface area contributed by atoms with E-state index in [1.54, 1.807) is 12.1 Å². The summed E-state index contributed by atoms with van der Waals surface area (Å²) in [4.78, 5) is 16.2. The molecule has 2 aromatic rings. The van der Waals surface area contributed by atoms with Gasteiger partial charge in [0.25, 0.3) is 5.91 Å². The molecule has 1 aromatic heterocycles. The van der Waals surface area contributed by atoms with Crippen LogP contribution in [0.1, 0.15) is 28.9 Å². The molecule has 1 N–H and O–H groups in total. The lowest BCUT2D eigenvalue weighted by atomic mass is 10.1. The number of carbonyl (C=O) groups excluding carboxylic acids is 1. The van der Waals surface area contributed by atoms with Gasteiger partial charge in [0.15, 0.2) is 11.5 Å². The number of aromatic nitrogens is 1. The number of amides is 1. The van der Waals surface area contributed by atoms with E-state index in [-0.39, 0.29) is 18.7 Å². The van der Waals surface area contributed by atoms with Gasteiger partial charge in [-0.15, -0.1) is 0 Å². The SMILES string of the molecule is COc1ccc(C(=O)N[C@@H](C)c2ccc3c(c2)OCO3)cn1. The van der Waals surface area contributed by atoms with Crippen LogP contribution >= 0.6 is 0 Å². The van der Waals surface area contributed by atoms with Crippen molar-refractivity contribution in [2.24, 2.45) is 0 Å². The number of nitrogens with zero attached hydrogens (tertiary/aromatic N) is 1. The van der Waals surface area contributed by atoms with Crippen LogP contribution < -0.4 is 19.5 Å². The maximum atomic E-state index is 12.2. The van der Waals surface area contributed by atoms with Gasteiger partial charge in [0.05, 0.1) is 18.7 Å². The Bertz CT molecular complexity index is 685. The molecule has 6 nitrogen and oxygen atoms in total. The summed E-state index contributed by atoms with van der Waals surface area (Å²) in [5.41, 5.74) is 1.42. The van der Waals surface area contributed by atoms with E-state index in [9.17, 15) is 4.79 Å². The van der Waals surface area contributed by atoms with Crippen molar-refractivity contribution in [1.29, 1.82) is 0 Å². The molecule has 22 heavy (non-hydrogen) atoms. The second-order valence-electron chi connectivity index (χ2n) is 4.90. The van der Waals surface area contributed by atoms with Crippen LogP contribution in [0.15, 0.2) is 36.5 Å². The summed E-state index contributed by atoms with van der Waals surface area (Å²) in [5, 5.41) is 2.92. The van der Waals surface area contributed by atoms with Gasteiger partial charge < -0.3 is 19.5 Å². The number of ether oxygens (including phenoxy) is 3. The minimum Gasteiger partial charge on any atom is -0.481 e. The van der Waals surface area contributed by atoms with E-state index < -0.39 is 0 Å². The first kappa shape index (κ1) is 14.2. The van der Waals surface area contributed by atoms with Crippen LogP contribution in [-0.4, -0.2) is 24.8 Å². The first-order valence-corrected chi connectivity index (χ1v) is 6.88. The number of fused-ring (bicyclic) bond motifs is 1. The zero-order valence-corrected chi connectivity index (χ0v) is 12.3. The Labute approximate surface area is 128 Å². The summed E-state index contributed by atoms with van der Waals surface area (Å²) < 4.78 is 15.6. The molecular formula is C16H16N2O4. The minimum absolute atomic E-state index is 0.163. The normalized spacial score (nSPS) is 13.5. The molecule has 0 bridgehead atoms. The molecule has 6 heteroatoms. The monoisotopic (exact) mass is 300 g/mol. The third-order valence-electron chi connectivity index (χ3n) is 3.45. The van der Waals surface area contributed by atoms with E-state index >= 15 is 0 Å². The quantitative estimate of drug-likeness (QED) is 0.938. The van der Waals surface area contributed by atoms with Gasteiger partial charge >= 0.3 is 0 Å². The van der Waals surface area contributed by atoms with Gasteiger partial charge in [-0.05, 0) is 30.7 Å². The van der Waals surface area contributed by atoms with Crippen LogP contribution in [0.2, 0.25) is 0 Å². The molecule has 114 valence electrons. The van der Waals surface area contributed by atoms with Crippen molar-refractivity contribution in [2.45, 2.75) is 13.0 Å². The van der Waals surface area contributed by atoms with Crippen molar-refractivity contribution in [3.8, 4) is 17.4 Å². The summed E-state index contributed by atoms with van der Waals surface area (Å²) in [7, 11) is 1.53. The zero-order chi connectivity index (χ0) is 15.5. The number of nitrogens with one attached hydrogen (secondary N) is 1. The first-order chi connectivity index (χ1) is 10.7. The van der Waals surface area contributed by atoms with E-state index in [1.807, 2.05) is 25.1 Å². The molecule has 0 spiro atoms. The topological polar surface area (TPSA) is 69.7 Å². The predicted octanol–water partition coefficient (Wildman–Crippen LogP) is 2.31. The summed E-state index contributed by atoms with van der Waals surface area (Å²) in [6, 6.07) is 8.79. The van der Waals surface area contributed by atoms with E-state index in [0.717, 1.165) is 11.3 Å². The molecular weight excluding hydrogens is 284 g/mol. The molecule has 2 heterocycles. The summed E-state index contributed by atoms with van der Waals surface area (Å²) in [6.45, 7) is 2.14. The van der Waals surface area contributed by atoms with Gasteiger partial charge in [-0.1, -0.05) is 6.07 Å². The molecule has 1 atom stereocenters. The molecule has 0 radical (unpaired) electrons. The largest absolute Gasteiger partial charge is 0.481 e. The van der Waals surface area contributed by atoms with Gasteiger partial charge in [0.2, 0.25) is 12.7 Å². The number of hydrogen-bond acceptors (Lipinski definition) is 5. The van der Waals surface area contributed by atoms with Crippen LogP contribution in [0.3, 0.4) is 0 Å². The van der Waals surface area contributed by atoms with E-state index in [2.05, 4.69) is 10.3 Å². The Balaban J connectivity index is 1.70. The second-order valence-corrected chi connectivity index (χ2v) is 4.90. The second kappa shape index (κ2) is 5.93. The first-order valence-electron chi connectivity index (χ1n) is 6.88. The van der Waals surface area contributed by atoms with E-state index in [4.69, 9.17) is 14.2 Å². The Morgan fingerprint density at radius 1 is 1.27 bits per heavy atom. The highest BCUT2D eigenvalue weighted by Gasteiger charge is 2.17. The maximum Gasteiger partial charge on any atom is 0.253 e. The number of carbonyl (C=O) groups is 1. The Morgan fingerprint density at radius 3 is 2.82 bits per heavy atom. The number of benzene rings is 1. The fraction of sp³-hybridized carbons (Fsp3) is 0.250. The fourth-order valence-corrected chi connectivity index (χ4v) is 2.18. The highest BCUT2D eigenvalue weighted by Crippen LogP contribution is 2.34. The third kappa shape index (κ3) is 2.81. The van der Waals surface area contributed by atoms with E-state index in [1.165, 1.54) is 13.3 Å². The van der Waals surface area contributed by atoms with Gasteiger partial charge in [0, 0.05) is 12.3 Å². The average molecular weight is 300 g/mol. The zero-order valence-electron chi connectivity index (χ0n) is 12.3. The molecule has 0 saturated carbocycles. The van der Waals surface area contributed by atoms with Crippen LogP contribution in [0.25, 0.3) is 0 Å². The molecule has 1 aromatic carbocycles. The molecule has 0 unspecified atom stereocenters. The number of hydrogen-bond donors (Lipinski definition) is 1. The standard InChI is InChI=1S/C16H16N2O4/c1-10(11-3-5-13-14(7-11)22-9-21-13)18-16(19)12-4-6-15(20-2)17-8-12/h3-8,10H,9H2,1-2H3,(H,18,19)/t10-/m0/s1. The van der Waals surface area contributed by atoms with Crippen molar-refractivity contribution < 1.29 is 19.0 Å². The molecule has 0 saturated heterocycles. The third-order valence-corrected chi connectivity index (χ3v) is 3.45. The van der Waals surface area contributed by atoms with Crippen molar-refractivity contribution >= 4 is 5.91 Å². The van der Waals surface area contributed by atoms with Crippen molar-refractivity contribution in [3.63, 3.8) is 0 Å². The van der Waals surface area contributed by atoms with Crippen LogP contribution in [0.5, 0.6) is 17.4 Å². The molecule has 1 amide bonds. The van der Waals surface area contributed by atoms with E-state index in [0.29, 0.717) is 17.2 Å². The average Bonchev–Trinajstić information content (AvgIpc) is 3.02. The molecule has 0 aliphatic carbocycles. The summed E-state index contributed by atoms with van der Waals surface area (Å²) in [5.74, 6) is 1.70. The minimum atomic E-state index is -0.194. The lowest BCUT2D eigenvalue weighted by Crippen LogP contribution is -2.26. The summed E-state index contributed by atoms with van der Waals surface area (Å²) >= 11 is 0. The molecule has 1 aliphatic rings. The Morgan fingerprint density at radius 2 is 2.09 bits per heavy atom. The maximum absolute atomic E-state index is 12.2. The highest BCUT2D eigenvalue weighted by molar-refractivity contribution is 5.94. The van der Waals surface area contributed by atoms with Gasteiger partial charge in [-0.3, -0.25) is 4.79 Å². The van der Waals surface area contributed by atoms with Gasteiger partial charge in [0.1, 0.15) is 0 Å². The predicted molar refractivity (Wildman–Crippen MR) is 79.2 cm³/mol. The highest BCUT2D eigenvalue weighted by atomic mass is 16.7. The number of rotatable bonds is 4. The molecule has 3 rings (SSSR count). The lowest BCUT2D eigenvalue weighted by molar-refractivity contribution is 0.0939. The fourth-order valence-electron chi connectivity index (χ4n) is 2.18. The lowest BCUT2D eigenvalue weighted by Gasteiger charge is -2.15. The van der Waals surface area contributed by atoms with Crippen molar-refractivity contribution in [3.05, 3.63) is 47.7 Å². The van der Waals surface area contributed by atoms with Gasteiger partial charge in [-0.2, -0.15) is 0 Å². The molecule has 1 aliphatic heterocycles. The smallest absolute Gasteiger partial charge is 0.253 e. The van der Waals surface area contributed by atoms with Crippen molar-refractivity contribution in [1.82, 2.24) is 10.3 Å². The van der Waals surface area contributed by atoms with Crippen molar-refractivity contribution in [2.75, 3.05) is 13.9 Å². The van der Waals surface area contributed by atoms with Gasteiger partial charge in [-0.25, -0.2) is 4.98 Å². The molecule has 0 fully saturated rings. The Hall–Kier alpha value is -2.76. The van der Waals surface area contributed by atoms with Crippen LogP contribution in [0, 0.1) is 0 Å². The summed E-state index contributed by atoms with van der Waals surface area (Å²) in [6.07, 6.45) is 1.49.